The van der Waals surface area contributed by atoms with Gasteiger partial charge >= 0.3 is 0 Å². The Labute approximate surface area is 217 Å². The minimum atomic E-state index is -0.608. The number of hydrogen-bond acceptors (Lipinski definition) is 7. The molecule has 9 heteroatoms. The molecular formula is C28H37N3O6. The van der Waals surface area contributed by atoms with Crippen molar-refractivity contribution in [3.05, 3.63) is 29.3 Å². The summed E-state index contributed by atoms with van der Waals surface area (Å²) in [6.45, 7) is 10.2. The van der Waals surface area contributed by atoms with Gasteiger partial charge in [0.2, 0.25) is 11.8 Å². The maximum atomic E-state index is 13.0. The molecule has 3 unspecified atom stereocenters. The van der Waals surface area contributed by atoms with E-state index in [-0.39, 0.29) is 41.1 Å². The summed E-state index contributed by atoms with van der Waals surface area (Å²) >= 11 is 0. The predicted octanol–water partition coefficient (Wildman–Crippen LogP) is 2.12. The second kappa shape index (κ2) is 9.36. The molecule has 0 radical (unpaired) electrons. The number of nitrogens with one attached hydrogen (secondary N) is 1. The van der Waals surface area contributed by atoms with Crippen LogP contribution < -0.4 is 10.1 Å². The average molecular weight is 512 g/mol. The zero-order chi connectivity index (χ0) is 25.8. The van der Waals surface area contributed by atoms with Crippen molar-refractivity contribution >= 4 is 17.7 Å². The first-order chi connectivity index (χ1) is 17.7. The van der Waals surface area contributed by atoms with E-state index in [2.05, 4.69) is 24.1 Å². The van der Waals surface area contributed by atoms with Crippen LogP contribution in [0.5, 0.6) is 5.75 Å². The fourth-order valence-corrected chi connectivity index (χ4v) is 6.62. The zero-order valence-corrected chi connectivity index (χ0v) is 21.8. The number of rotatable bonds is 8. The maximum absolute atomic E-state index is 13.0. The lowest BCUT2D eigenvalue weighted by molar-refractivity contribution is -0.151. The first kappa shape index (κ1) is 24.8. The van der Waals surface area contributed by atoms with Crippen LogP contribution in [0, 0.1) is 10.8 Å². The Kier molecular flexibility index (Phi) is 6.28. The Hall–Kier alpha value is -2.49. The molecule has 4 aliphatic heterocycles. The minimum absolute atomic E-state index is 0.0792. The topological polar surface area (TPSA) is 97.4 Å². The summed E-state index contributed by atoms with van der Waals surface area (Å²) in [6, 6.07) is 5.38. The standard InChI is InChI=1S/C28H37N3O6/c1-27(14-35-15-27)12-30(13-28(2)16-36-17-28)21-4-3-5-23(21)37-19-6-7-20-18(10-19)11-31(26(20)34)22-8-9-24(32)29-25(22)33/h6-7,10,21-23H,3-5,8-9,11-17H2,1-2H3,(H,29,32,33). The van der Waals surface area contributed by atoms with Crippen LogP contribution in [-0.2, 0) is 25.6 Å². The molecule has 200 valence electrons. The number of fused-ring (bicyclic) bond motifs is 1. The highest BCUT2D eigenvalue weighted by molar-refractivity contribution is 6.05. The number of imide groups is 1. The van der Waals surface area contributed by atoms with Gasteiger partial charge in [0.15, 0.2) is 0 Å². The molecule has 5 aliphatic rings. The number of hydrogen-bond donors (Lipinski definition) is 1. The van der Waals surface area contributed by atoms with Gasteiger partial charge < -0.3 is 19.1 Å². The second-order valence-corrected chi connectivity index (χ2v) is 12.4. The maximum Gasteiger partial charge on any atom is 0.255 e. The summed E-state index contributed by atoms with van der Waals surface area (Å²) in [6.07, 6.45) is 3.92. The fraction of sp³-hybridized carbons (Fsp3) is 0.679. The molecule has 9 nitrogen and oxygen atoms in total. The molecular weight excluding hydrogens is 474 g/mol. The molecule has 4 fully saturated rings. The summed E-state index contributed by atoms with van der Waals surface area (Å²) in [5, 5.41) is 2.36. The van der Waals surface area contributed by atoms with Gasteiger partial charge in [-0.05, 0) is 49.4 Å². The van der Waals surface area contributed by atoms with Gasteiger partial charge in [0.05, 0.1) is 26.4 Å². The van der Waals surface area contributed by atoms with E-state index in [4.69, 9.17) is 14.2 Å². The molecule has 3 atom stereocenters. The molecule has 1 saturated carbocycles. The highest BCUT2D eigenvalue weighted by atomic mass is 16.5. The van der Waals surface area contributed by atoms with E-state index in [9.17, 15) is 14.4 Å². The van der Waals surface area contributed by atoms with E-state index >= 15 is 0 Å². The zero-order valence-electron chi connectivity index (χ0n) is 21.8. The van der Waals surface area contributed by atoms with E-state index in [0.29, 0.717) is 24.6 Å². The van der Waals surface area contributed by atoms with Crippen molar-refractivity contribution in [3.63, 3.8) is 0 Å². The Balaban J connectivity index is 1.16. The van der Waals surface area contributed by atoms with Crippen LogP contribution in [0.4, 0.5) is 0 Å². The van der Waals surface area contributed by atoms with Gasteiger partial charge in [-0.2, -0.15) is 0 Å². The molecule has 1 aromatic rings. The SMILES string of the molecule is CC1(CN(CC2(C)COC2)C2CCCC2Oc2ccc3c(c2)CN(C2CCC(=O)NC2=O)C3=O)COC1. The van der Waals surface area contributed by atoms with E-state index in [1.807, 2.05) is 18.2 Å². The third-order valence-corrected chi connectivity index (χ3v) is 8.64. The number of ether oxygens (including phenoxy) is 3. The van der Waals surface area contributed by atoms with Crippen molar-refractivity contribution in [1.29, 1.82) is 0 Å². The van der Waals surface area contributed by atoms with Crippen LogP contribution in [0.15, 0.2) is 18.2 Å². The molecule has 3 amide bonds. The largest absolute Gasteiger partial charge is 0.489 e. The molecule has 3 saturated heterocycles. The molecule has 0 bridgehead atoms. The molecule has 6 rings (SSSR count). The smallest absolute Gasteiger partial charge is 0.255 e. The quantitative estimate of drug-likeness (QED) is 0.534. The number of benzene rings is 1. The van der Waals surface area contributed by atoms with Crippen molar-refractivity contribution in [2.75, 3.05) is 39.5 Å². The van der Waals surface area contributed by atoms with Gasteiger partial charge in [0, 0.05) is 48.5 Å². The van der Waals surface area contributed by atoms with Crippen molar-refractivity contribution < 1.29 is 28.6 Å². The highest BCUT2D eigenvalue weighted by Gasteiger charge is 2.45. The fourth-order valence-electron chi connectivity index (χ4n) is 6.62. The number of amides is 3. The van der Waals surface area contributed by atoms with Crippen LogP contribution in [0.1, 0.15) is 61.9 Å². The lowest BCUT2D eigenvalue weighted by Crippen LogP contribution is -2.58. The van der Waals surface area contributed by atoms with Gasteiger partial charge in [-0.25, -0.2) is 0 Å². The third-order valence-electron chi connectivity index (χ3n) is 8.64. The summed E-state index contributed by atoms with van der Waals surface area (Å²) in [4.78, 5) is 41.2. The highest BCUT2D eigenvalue weighted by Crippen LogP contribution is 2.38. The van der Waals surface area contributed by atoms with E-state index in [1.54, 1.807) is 4.90 Å². The van der Waals surface area contributed by atoms with Crippen molar-refractivity contribution in [2.24, 2.45) is 10.8 Å². The van der Waals surface area contributed by atoms with Crippen LogP contribution in [-0.4, -0.2) is 85.2 Å². The molecule has 4 heterocycles. The predicted molar refractivity (Wildman–Crippen MR) is 134 cm³/mol. The Morgan fingerprint density at radius 3 is 2.35 bits per heavy atom. The van der Waals surface area contributed by atoms with E-state index in [0.717, 1.165) is 70.1 Å². The van der Waals surface area contributed by atoms with Crippen LogP contribution in [0.2, 0.25) is 0 Å². The van der Waals surface area contributed by atoms with Gasteiger partial charge in [0.25, 0.3) is 5.91 Å². The van der Waals surface area contributed by atoms with Gasteiger partial charge in [-0.3, -0.25) is 24.6 Å². The van der Waals surface area contributed by atoms with Crippen molar-refractivity contribution in [3.8, 4) is 5.75 Å². The molecule has 0 aromatic heterocycles. The summed E-state index contributed by atoms with van der Waals surface area (Å²) < 4.78 is 17.7. The minimum Gasteiger partial charge on any atom is -0.489 e. The van der Waals surface area contributed by atoms with Crippen LogP contribution in [0.3, 0.4) is 0 Å². The van der Waals surface area contributed by atoms with Crippen LogP contribution >= 0.6 is 0 Å². The summed E-state index contributed by atoms with van der Waals surface area (Å²) in [5.41, 5.74) is 1.84. The second-order valence-electron chi connectivity index (χ2n) is 12.4. The van der Waals surface area contributed by atoms with Crippen LogP contribution in [0.25, 0.3) is 0 Å². The third kappa shape index (κ3) is 4.77. The molecule has 1 aromatic carbocycles. The first-order valence-corrected chi connectivity index (χ1v) is 13.6. The molecule has 1 aliphatic carbocycles. The number of nitrogens with zero attached hydrogens (tertiary/aromatic N) is 2. The van der Waals surface area contributed by atoms with Crippen molar-refractivity contribution in [1.82, 2.24) is 15.1 Å². The summed E-state index contributed by atoms with van der Waals surface area (Å²) in [7, 11) is 0. The molecule has 1 N–H and O–H groups in total. The Morgan fingerprint density at radius 1 is 1.03 bits per heavy atom. The molecule has 37 heavy (non-hydrogen) atoms. The van der Waals surface area contributed by atoms with Gasteiger partial charge in [-0.1, -0.05) is 13.8 Å². The monoisotopic (exact) mass is 511 g/mol. The van der Waals surface area contributed by atoms with Gasteiger partial charge in [0.1, 0.15) is 17.9 Å². The lowest BCUT2D eigenvalue weighted by Gasteiger charge is -2.49. The number of carbonyl (C=O) groups is 3. The average Bonchev–Trinajstić information content (AvgIpc) is 3.41. The Bertz CT molecular complexity index is 1080. The normalized spacial score (nSPS) is 30.1. The Morgan fingerprint density at radius 2 is 1.73 bits per heavy atom. The number of piperidine rings is 1. The van der Waals surface area contributed by atoms with Gasteiger partial charge in [-0.15, -0.1) is 0 Å². The van der Waals surface area contributed by atoms with Crippen molar-refractivity contribution in [2.45, 2.75) is 70.7 Å². The van der Waals surface area contributed by atoms with E-state index < -0.39 is 6.04 Å². The molecule has 0 spiro atoms. The summed E-state index contributed by atoms with van der Waals surface area (Å²) in [5.74, 6) is -0.0596. The first-order valence-electron chi connectivity index (χ1n) is 13.6. The lowest BCUT2D eigenvalue weighted by atomic mass is 9.83. The number of carbonyl (C=O) groups excluding carboxylic acids is 3. The van der Waals surface area contributed by atoms with E-state index in [1.165, 1.54) is 0 Å².